The lowest BCUT2D eigenvalue weighted by Crippen LogP contribution is -2.37. The van der Waals surface area contributed by atoms with Gasteiger partial charge in [0.1, 0.15) is 6.61 Å². The van der Waals surface area contributed by atoms with Gasteiger partial charge in [0.15, 0.2) is 0 Å². The number of hydrogen-bond donors (Lipinski definition) is 2. The number of aliphatic hydroxyl groups is 1. The molecule has 6 nitrogen and oxygen atoms in total. The third-order valence-corrected chi connectivity index (χ3v) is 4.89. The summed E-state index contributed by atoms with van der Waals surface area (Å²) >= 11 is 0. The van der Waals surface area contributed by atoms with Crippen LogP contribution in [0.3, 0.4) is 0 Å². The maximum atomic E-state index is 12.5. The Morgan fingerprint density at radius 1 is 1.29 bits per heavy atom. The third kappa shape index (κ3) is 3.82. The Morgan fingerprint density at radius 3 is 2.67 bits per heavy atom. The predicted molar refractivity (Wildman–Crippen MR) is 76.8 cm³/mol. The topological polar surface area (TPSA) is 86.7 Å². The summed E-state index contributed by atoms with van der Waals surface area (Å²) in [5.74, 6) is 4.90. The number of benzene rings is 1. The van der Waals surface area contributed by atoms with Gasteiger partial charge < -0.3 is 10.4 Å². The Hall–Kier alpha value is -1.88. The van der Waals surface area contributed by atoms with E-state index in [4.69, 9.17) is 5.11 Å². The molecule has 1 aliphatic rings. The summed E-state index contributed by atoms with van der Waals surface area (Å²) in [6.07, 6.45) is 0.588. The van der Waals surface area contributed by atoms with Gasteiger partial charge in [0, 0.05) is 18.7 Å². The van der Waals surface area contributed by atoms with E-state index in [1.54, 1.807) is 12.1 Å². The number of hydrogen-bond acceptors (Lipinski definition) is 4. The van der Waals surface area contributed by atoms with Crippen LogP contribution < -0.4 is 5.32 Å². The molecule has 1 saturated heterocycles. The summed E-state index contributed by atoms with van der Waals surface area (Å²) in [5.41, 5.74) is 0.622. The Morgan fingerprint density at radius 2 is 2.00 bits per heavy atom. The van der Waals surface area contributed by atoms with Gasteiger partial charge in [-0.1, -0.05) is 11.8 Å². The molecule has 1 aliphatic heterocycles. The summed E-state index contributed by atoms with van der Waals surface area (Å²) in [5, 5.41) is 11.3. The standard InChI is InChI=1S/C14H16N2O4S/c17-10-1-3-12-4-6-13(7-5-12)21(19,20)16-9-2-8-15-14(18)11-16/h4-7,17H,2,8-11H2,(H,15,18). The van der Waals surface area contributed by atoms with E-state index in [0.717, 1.165) is 0 Å². The van der Waals surface area contributed by atoms with E-state index in [2.05, 4.69) is 17.2 Å². The van der Waals surface area contributed by atoms with E-state index in [-0.39, 0.29) is 24.0 Å². The van der Waals surface area contributed by atoms with Crippen LogP contribution in [0.25, 0.3) is 0 Å². The average molecular weight is 308 g/mol. The highest BCUT2D eigenvalue weighted by Gasteiger charge is 2.27. The monoisotopic (exact) mass is 308 g/mol. The lowest BCUT2D eigenvalue weighted by atomic mass is 10.2. The van der Waals surface area contributed by atoms with E-state index in [1.807, 2.05) is 0 Å². The molecule has 0 spiro atoms. The zero-order valence-electron chi connectivity index (χ0n) is 11.4. The highest BCUT2D eigenvalue weighted by Crippen LogP contribution is 2.17. The molecule has 0 unspecified atom stereocenters. The molecule has 0 aromatic heterocycles. The van der Waals surface area contributed by atoms with Gasteiger partial charge in [0.2, 0.25) is 15.9 Å². The van der Waals surface area contributed by atoms with Crippen molar-refractivity contribution in [3.8, 4) is 11.8 Å². The van der Waals surface area contributed by atoms with E-state index in [1.165, 1.54) is 16.4 Å². The first-order valence-corrected chi connectivity index (χ1v) is 7.94. The highest BCUT2D eigenvalue weighted by atomic mass is 32.2. The maximum absolute atomic E-state index is 12.5. The van der Waals surface area contributed by atoms with Crippen molar-refractivity contribution >= 4 is 15.9 Å². The van der Waals surface area contributed by atoms with Gasteiger partial charge in [-0.05, 0) is 30.7 Å². The van der Waals surface area contributed by atoms with Crippen LogP contribution in [0.15, 0.2) is 29.2 Å². The van der Waals surface area contributed by atoms with Crippen LogP contribution in [-0.2, 0) is 14.8 Å². The van der Waals surface area contributed by atoms with Crippen LogP contribution in [0.5, 0.6) is 0 Å². The van der Waals surface area contributed by atoms with Crippen LogP contribution in [-0.4, -0.2) is 50.0 Å². The molecule has 21 heavy (non-hydrogen) atoms. The van der Waals surface area contributed by atoms with Gasteiger partial charge in [-0.3, -0.25) is 4.79 Å². The summed E-state index contributed by atoms with van der Waals surface area (Å²) in [6.45, 7) is 0.394. The fourth-order valence-corrected chi connectivity index (χ4v) is 3.42. The highest BCUT2D eigenvalue weighted by molar-refractivity contribution is 7.89. The molecule has 2 rings (SSSR count). The molecule has 0 saturated carbocycles. The van der Waals surface area contributed by atoms with Gasteiger partial charge in [-0.15, -0.1) is 0 Å². The molecular formula is C14H16N2O4S. The fraction of sp³-hybridized carbons (Fsp3) is 0.357. The number of carbonyl (C=O) groups is 1. The minimum absolute atomic E-state index is 0.131. The van der Waals surface area contributed by atoms with Crippen molar-refractivity contribution < 1.29 is 18.3 Å². The van der Waals surface area contributed by atoms with E-state index in [0.29, 0.717) is 25.1 Å². The lowest BCUT2D eigenvalue weighted by Gasteiger charge is -2.18. The number of nitrogens with one attached hydrogen (secondary N) is 1. The van der Waals surface area contributed by atoms with Crippen molar-refractivity contribution in [3.63, 3.8) is 0 Å². The van der Waals surface area contributed by atoms with Gasteiger partial charge >= 0.3 is 0 Å². The number of aliphatic hydroxyl groups excluding tert-OH is 1. The molecule has 112 valence electrons. The van der Waals surface area contributed by atoms with Crippen LogP contribution in [0.2, 0.25) is 0 Å². The average Bonchev–Trinajstić information content (AvgIpc) is 2.70. The molecular weight excluding hydrogens is 292 g/mol. The molecule has 1 amide bonds. The molecule has 1 fully saturated rings. The Labute approximate surface area is 123 Å². The quantitative estimate of drug-likeness (QED) is 0.724. The molecule has 0 radical (unpaired) electrons. The Bertz CT molecular complexity index is 671. The van der Waals surface area contributed by atoms with Gasteiger partial charge in [0.05, 0.1) is 11.4 Å². The van der Waals surface area contributed by atoms with Crippen LogP contribution in [0, 0.1) is 11.8 Å². The van der Waals surface area contributed by atoms with Crippen LogP contribution in [0.4, 0.5) is 0 Å². The number of sulfonamides is 1. The first kappa shape index (κ1) is 15.5. The summed E-state index contributed by atoms with van der Waals surface area (Å²) in [7, 11) is -3.68. The van der Waals surface area contributed by atoms with Crippen LogP contribution in [0.1, 0.15) is 12.0 Å². The third-order valence-electron chi connectivity index (χ3n) is 3.03. The zero-order chi connectivity index (χ0) is 15.3. The van der Waals surface area contributed by atoms with Gasteiger partial charge in [-0.2, -0.15) is 4.31 Å². The van der Waals surface area contributed by atoms with E-state index in [9.17, 15) is 13.2 Å². The van der Waals surface area contributed by atoms with Crippen molar-refractivity contribution in [3.05, 3.63) is 29.8 Å². The normalized spacial score (nSPS) is 16.5. The second-order valence-electron chi connectivity index (χ2n) is 4.53. The molecule has 1 aromatic carbocycles. The first-order valence-electron chi connectivity index (χ1n) is 6.50. The summed E-state index contributed by atoms with van der Waals surface area (Å²) in [6, 6.07) is 6.07. The number of amides is 1. The fourth-order valence-electron chi connectivity index (χ4n) is 1.98. The second kappa shape index (κ2) is 6.72. The van der Waals surface area contributed by atoms with Crippen molar-refractivity contribution in [1.29, 1.82) is 0 Å². The largest absolute Gasteiger partial charge is 0.384 e. The smallest absolute Gasteiger partial charge is 0.243 e. The van der Waals surface area contributed by atoms with Gasteiger partial charge in [-0.25, -0.2) is 8.42 Å². The lowest BCUT2D eigenvalue weighted by molar-refractivity contribution is -0.120. The molecule has 1 heterocycles. The van der Waals surface area contributed by atoms with E-state index < -0.39 is 10.0 Å². The van der Waals surface area contributed by atoms with Crippen molar-refractivity contribution in [2.45, 2.75) is 11.3 Å². The molecule has 0 bridgehead atoms. The number of carbonyl (C=O) groups excluding carboxylic acids is 1. The first-order chi connectivity index (χ1) is 10.0. The predicted octanol–water partition coefficient (Wildman–Crippen LogP) is -0.459. The molecule has 0 aliphatic carbocycles. The minimum Gasteiger partial charge on any atom is -0.384 e. The van der Waals surface area contributed by atoms with Gasteiger partial charge in [0.25, 0.3) is 0 Å². The van der Waals surface area contributed by atoms with Crippen molar-refractivity contribution in [2.75, 3.05) is 26.2 Å². The zero-order valence-corrected chi connectivity index (χ0v) is 12.2. The van der Waals surface area contributed by atoms with Crippen molar-refractivity contribution in [2.24, 2.45) is 0 Å². The molecule has 0 atom stereocenters. The summed E-state index contributed by atoms with van der Waals surface area (Å²) in [4.78, 5) is 11.6. The SMILES string of the molecule is O=C1CN(S(=O)(=O)c2ccc(C#CCO)cc2)CCCN1. The Balaban J connectivity index is 2.24. The number of nitrogens with zero attached hydrogens (tertiary/aromatic N) is 1. The minimum atomic E-state index is -3.68. The Kier molecular flexibility index (Phi) is 4.96. The molecule has 1 aromatic rings. The summed E-state index contributed by atoms with van der Waals surface area (Å²) < 4.78 is 26.1. The van der Waals surface area contributed by atoms with Crippen LogP contribution >= 0.6 is 0 Å². The molecule has 7 heteroatoms. The molecule has 2 N–H and O–H groups in total. The van der Waals surface area contributed by atoms with Crippen molar-refractivity contribution in [1.82, 2.24) is 9.62 Å². The maximum Gasteiger partial charge on any atom is 0.243 e. The number of rotatable bonds is 2. The second-order valence-corrected chi connectivity index (χ2v) is 6.46. The van der Waals surface area contributed by atoms with E-state index >= 15 is 0 Å².